The quantitative estimate of drug-likeness (QED) is 0.416. The Labute approximate surface area is 222 Å². The Hall–Kier alpha value is -3.01. The Balaban J connectivity index is 1.45. The molecule has 2 aliphatic rings. The van der Waals surface area contributed by atoms with Crippen LogP contribution < -0.4 is 10.9 Å². The molecule has 5 rings (SSSR count). The van der Waals surface area contributed by atoms with Crippen LogP contribution >= 0.6 is 0 Å². The summed E-state index contributed by atoms with van der Waals surface area (Å²) in [5.41, 5.74) is 4.38. The first kappa shape index (κ1) is 26.6. The number of esters is 1. The molecule has 0 amide bonds. The fourth-order valence-corrected chi connectivity index (χ4v) is 5.30. The average Bonchev–Trinajstić information content (AvgIpc) is 3.22. The summed E-state index contributed by atoms with van der Waals surface area (Å²) in [7, 11) is 1.76. The van der Waals surface area contributed by atoms with E-state index in [1.165, 1.54) is 0 Å². The number of aryl methyl sites for hydroxylation is 2. The van der Waals surface area contributed by atoms with Gasteiger partial charge in [0.15, 0.2) is 0 Å². The molecule has 9 nitrogen and oxygen atoms in total. The summed E-state index contributed by atoms with van der Waals surface area (Å²) in [6, 6.07) is 7.18. The van der Waals surface area contributed by atoms with Crippen LogP contribution in [0.2, 0.25) is 0 Å². The summed E-state index contributed by atoms with van der Waals surface area (Å²) >= 11 is 0. The molecule has 1 aromatic carbocycles. The maximum absolute atomic E-state index is 12.6. The third-order valence-corrected chi connectivity index (χ3v) is 7.73. The molecule has 0 bridgehead atoms. The van der Waals surface area contributed by atoms with Crippen molar-refractivity contribution < 1.29 is 19.4 Å². The van der Waals surface area contributed by atoms with Gasteiger partial charge in [0.25, 0.3) is 5.56 Å². The van der Waals surface area contributed by atoms with Gasteiger partial charge in [-0.3, -0.25) is 14.9 Å². The topological polar surface area (TPSA) is 108 Å². The first-order chi connectivity index (χ1) is 18.3. The van der Waals surface area contributed by atoms with Gasteiger partial charge in [-0.2, -0.15) is 0 Å². The molecule has 0 spiro atoms. The summed E-state index contributed by atoms with van der Waals surface area (Å²) in [6.45, 7) is 6.10. The van der Waals surface area contributed by atoms with Crippen LogP contribution in [0.15, 0.2) is 35.3 Å². The Kier molecular flexibility index (Phi) is 7.97. The molecular weight excluding hydrogens is 484 g/mol. The summed E-state index contributed by atoms with van der Waals surface area (Å²) < 4.78 is 15.1. The van der Waals surface area contributed by atoms with E-state index in [0.29, 0.717) is 24.6 Å². The molecular formula is C29H38N4O5. The number of carbonyl (C=O) groups excluding carboxylic acids is 1. The molecule has 3 atom stereocenters. The van der Waals surface area contributed by atoms with E-state index in [2.05, 4.69) is 16.0 Å². The van der Waals surface area contributed by atoms with Gasteiger partial charge in [0.1, 0.15) is 18.0 Å². The zero-order valence-corrected chi connectivity index (χ0v) is 22.5. The van der Waals surface area contributed by atoms with Gasteiger partial charge in [-0.05, 0) is 69.7 Å². The van der Waals surface area contributed by atoms with E-state index in [0.717, 1.165) is 73.2 Å². The molecule has 9 heteroatoms. The lowest BCUT2D eigenvalue weighted by atomic mass is 9.96. The second-order valence-corrected chi connectivity index (χ2v) is 10.9. The number of hydrogen-bond acceptors (Lipinski definition) is 7. The average molecular weight is 523 g/mol. The van der Waals surface area contributed by atoms with Crippen LogP contribution in [0.1, 0.15) is 50.2 Å². The van der Waals surface area contributed by atoms with Crippen molar-refractivity contribution in [3.05, 3.63) is 51.9 Å². The number of nitrogens with one attached hydrogen (secondary N) is 1. The highest BCUT2D eigenvalue weighted by Gasteiger charge is 2.30. The monoisotopic (exact) mass is 522 g/mol. The molecule has 1 aliphatic carbocycles. The van der Waals surface area contributed by atoms with Crippen LogP contribution in [0.5, 0.6) is 0 Å². The minimum atomic E-state index is -0.872. The third-order valence-electron chi connectivity index (χ3n) is 7.73. The SMILES string of the molecule is Cc1cc(-c2nc3ccc(CNC(C(=O)OC4CCC4)C(C)O)cc3n2CC2CCCOC2)cn(C)c1=O. The van der Waals surface area contributed by atoms with Crippen molar-refractivity contribution in [1.82, 2.24) is 19.4 Å². The van der Waals surface area contributed by atoms with E-state index in [4.69, 9.17) is 14.5 Å². The zero-order valence-electron chi connectivity index (χ0n) is 22.5. The van der Waals surface area contributed by atoms with Crippen LogP contribution in [-0.2, 0) is 34.4 Å². The number of nitrogens with zero attached hydrogens (tertiary/aromatic N) is 3. The van der Waals surface area contributed by atoms with Crippen molar-refractivity contribution in [2.45, 2.75) is 77.3 Å². The first-order valence-corrected chi connectivity index (χ1v) is 13.7. The molecule has 2 aromatic heterocycles. The van der Waals surface area contributed by atoms with Crippen molar-refractivity contribution in [2.24, 2.45) is 13.0 Å². The second kappa shape index (κ2) is 11.4. The molecule has 38 heavy (non-hydrogen) atoms. The fourth-order valence-electron chi connectivity index (χ4n) is 5.30. The van der Waals surface area contributed by atoms with Crippen LogP contribution in [0.3, 0.4) is 0 Å². The molecule has 1 aliphatic heterocycles. The highest BCUT2D eigenvalue weighted by molar-refractivity contribution is 5.81. The molecule has 3 unspecified atom stereocenters. The molecule has 1 saturated heterocycles. The normalized spacial score (nSPS) is 19.7. The van der Waals surface area contributed by atoms with Gasteiger partial charge in [0.05, 0.1) is 23.7 Å². The molecule has 3 heterocycles. The van der Waals surface area contributed by atoms with Gasteiger partial charge in [0.2, 0.25) is 0 Å². The maximum Gasteiger partial charge on any atom is 0.326 e. The number of pyridine rings is 1. The molecule has 3 aromatic rings. The number of hydrogen-bond donors (Lipinski definition) is 2. The van der Waals surface area contributed by atoms with E-state index < -0.39 is 18.1 Å². The standard InChI is InChI=1S/C29H38N4O5/c1-18-12-22(16-32(3)28(18)35)27-31-24-10-9-20(13-25(24)33(27)15-21-6-5-11-37-17-21)14-30-26(19(2)34)29(36)38-23-7-4-8-23/h9-10,12-13,16,19,21,23,26,30,34H,4-8,11,14-15,17H2,1-3H3. The number of benzene rings is 1. The predicted octanol–water partition coefficient (Wildman–Crippen LogP) is 3.07. The number of aliphatic hydroxyl groups excluding tert-OH is 1. The van der Waals surface area contributed by atoms with Gasteiger partial charge >= 0.3 is 5.97 Å². The summed E-state index contributed by atoms with van der Waals surface area (Å²) in [4.78, 5) is 29.9. The van der Waals surface area contributed by atoms with E-state index in [-0.39, 0.29) is 11.7 Å². The first-order valence-electron chi connectivity index (χ1n) is 13.7. The van der Waals surface area contributed by atoms with E-state index in [1.54, 1.807) is 18.5 Å². The lowest BCUT2D eigenvalue weighted by Crippen LogP contribution is -2.47. The maximum atomic E-state index is 12.6. The van der Waals surface area contributed by atoms with Gasteiger partial charge in [0, 0.05) is 50.0 Å². The molecule has 204 valence electrons. The van der Waals surface area contributed by atoms with Gasteiger partial charge < -0.3 is 23.7 Å². The summed E-state index contributed by atoms with van der Waals surface area (Å²) in [5.74, 6) is 0.789. The molecule has 2 fully saturated rings. The number of aromatic nitrogens is 3. The highest BCUT2D eigenvalue weighted by atomic mass is 16.5. The summed E-state index contributed by atoms with van der Waals surface area (Å²) in [5, 5.41) is 13.4. The van der Waals surface area contributed by atoms with Crippen LogP contribution in [-0.4, -0.2) is 56.7 Å². The lowest BCUT2D eigenvalue weighted by molar-refractivity contribution is -0.158. The highest BCUT2D eigenvalue weighted by Crippen LogP contribution is 2.29. The molecule has 0 radical (unpaired) electrons. The fraction of sp³-hybridized carbons (Fsp3) is 0.552. The number of ether oxygens (including phenoxy) is 2. The van der Waals surface area contributed by atoms with Crippen LogP contribution in [0.4, 0.5) is 0 Å². The van der Waals surface area contributed by atoms with Crippen molar-refractivity contribution in [3.8, 4) is 11.4 Å². The number of aliphatic hydroxyl groups is 1. The predicted molar refractivity (Wildman–Crippen MR) is 145 cm³/mol. The Morgan fingerprint density at radius 1 is 1.26 bits per heavy atom. The number of rotatable bonds is 9. The molecule has 1 saturated carbocycles. The van der Waals surface area contributed by atoms with Crippen molar-refractivity contribution >= 4 is 17.0 Å². The largest absolute Gasteiger partial charge is 0.461 e. The number of imidazole rings is 1. The number of fused-ring (bicyclic) bond motifs is 1. The minimum Gasteiger partial charge on any atom is -0.461 e. The van der Waals surface area contributed by atoms with Crippen LogP contribution in [0, 0.1) is 12.8 Å². The van der Waals surface area contributed by atoms with Gasteiger partial charge in [-0.25, -0.2) is 4.98 Å². The Morgan fingerprint density at radius 3 is 2.74 bits per heavy atom. The second-order valence-electron chi connectivity index (χ2n) is 10.9. The Bertz CT molecular complexity index is 1320. The molecule has 2 N–H and O–H groups in total. The van der Waals surface area contributed by atoms with Crippen molar-refractivity contribution in [2.75, 3.05) is 13.2 Å². The Morgan fingerprint density at radius 2 is 2.08 bits per heavy atom. The van der Waals surface area contributed by atoms with Gasteiger partial charge in [-0.15, -0.1) is 0 Å². The van der Waals surface area contributed by atoms with Crippen LogP contribution in [0.25, 0.3) is 22.4 Å². The zero-order chi connectivity index (χ0) is 26.8. The van der Waals surface area contributed by atoms with E-state index >= 15 is 0 Å². The van der Waals surface area contributed by atoms with E-state index in [1.807, 2.05) is 31.3 Å². The number of carbonyl (C=O) groups is 1. The van der Waals surface area contributed by atoms with Gasteiger partial charge in [-0.1, -0.05) is 6.07 Å². The minimum absolute atomic E-state index is 0.0195. The summed E-state index contributed by atoms with van der Waals surface area (Å²) in [6.07, 6.45) is 5.93. The van der Waals surface area contributed by atoms with Crippen molar-refractivity contribution in [3.63, 3.8) is 0 Å². The van der Waals surface area contributed by atoms with Crippen molar-refractivity contribution in [1.29, 1.82) is 0 Å². The third kappa shape index (κ3) is 5.70. The van der Waals surface area contributed by atoms with E-state index in [9.17, 15) is 14.7 Å². The lowest BCUT2D eigenvalue weighted by Gasteiger charge is -2.28. The smallest absolute Gasteiger partial charge is 0.326 e.